The van der Waals surface area contributed by atoms with Crippen molar-refractivity contribution in [2.24, 2.45) is 0 Å². The van der Waals surface area contributed by atoms with E-state index in [-0.39, 0.29) is 21.4 Å². The van der Waals surface area contributed by atoms with E-state index in [1.807, 2.05) is 0 Å². The number of hydrogen-bond donors (Lipinski definition) is 0. The molecule has 7 heteroatoms. The van der Waals surface area contributed by atoms with Crippen molar-refractivity contribution >= 4 is 45.1 Å². The maximum Gasteiger partial charge on any atom is 0.345 e. The van der Waals surface area contributed by atoms with Gasteiger partial charge in [-0.3, -0.25) is 0 Å². The molecule has 1 heterocycles. The number of halogens is 4. The lowest BCUT2D eigenvalue weighted by Crippen LogP contribution is -2.10. The van der Waals surface area contributed by atoms with Gasteiger partial charge in [0.15, 0.2) is 5.75 Å². The van der Waals surface area contributed by atoms with Gasteiger partial charge in [-0.15, -0.1) is 0 Å². The monoisotopic (exact) mass is 363 g/mol. The van der Waals surface area contributed by atoms with Gasteiger partial charge >= 0.3 is 5.97 Å². The molecule has 0 aliphatic carbocycles. The Morgan fingerprint density at radius 2 is 2.05 bits per heavy atom. The molecule has 0 fully saturated rings. The van der Waals surface area contributed by atoms with E-state index in [1.165, 1.54) is 12.3 Å². The molecule has 2 rings (SSSR count). The van der Waals surface area contributed by atoms with E-state index < -0.39 is 11.8 Å². The largest absolute Gasteiger partial charge is 0.420 e. The molecule has 2 aromatic rings. The fourth-order valence-corrected chi connectivity index (χ4v) is 2.07. The van der Waals surface area contributed by atoms with Gasteiger partial charge in [0, 0.05) is 6.20 Å². The summed E-state index contributed by atoms with van der Waals surface area (Å²) < 4.78 is 18.7. The highest BCUT2D eigenvalue weighted by molar-refractivity contribution is 9.10. The van der Waals surface area contributed by atoms with Gasteiger partial charge in [-0.2, -0.15) is 0 Å². The zero-order chi connectivity index (χ0) is 14.0. The molecule has 19 heavy (non-hydrogen) atoms. The minimum absolute atomic E-state index is 0.0106. The highest BCUT2D eigenvalue weighted by atomic mass is 79.9. The first-order valence-electron chi connectivity index (χ1n) is 4.96. The van der Waals surface area contributed by atoms with Crippen LogP contribution in [0.2, 0.25) is 10.0 Å². The predicted octanol–water partition coefficient (Wildman–Crippen LogP) is 4.51. The minimum Gasteiger partial charge on any atom is -0.420 e. The SMILES string of the molecule is O=C(Oc1cccnc1Br)c1cc(F)c(Cl)cc1Cl. The second-order valence-corrected chi connectivity index (χ2v) is 4.99. The zero-order valence-corrected chi connectivity index (χ0v) is 12.3. The summed E-state index contributed by atoms with van der Waals surface area (Å²) in [6, 6.07) is 5.21. The van der Waals surface area contributed by atoms with Gasteiger partial charge in [-0.05, 0) is 40.2 Å². The number of benzene rings is 1. The minimum atomic E-state index is -0.797. The Hall–Kier alpha value is -1.17. The summed E-state index contributed by atoms with van der Waals surface area (Å²) in [6.45, 7) is 0. The van der Waals surface area contributed by atoms with Crippen LogP contribution in [0.1, 0.15) is 10.4 Å². The van der Waals surface area contributed by atoms with Crippen molar-refractivity contribution in [3.63, 3.8) is 0 Å². The first-order chi connectivity index (χ1) is 8.99. The van der Waals surface area contributed by atoms with Gasteiger partial charge in [0.2, 0.25) is 0 Å². The summed E-state index contributed by atoms with van der Waals surface area (Å²) in [4.78, 5) is 15.8. The number of esters is 1. The van der Waals surface area contributed by atoms with Gasteiger partial charge in [0.05, 0.1) is 15.6 Å². The molecule has 1 aromatic heterocycles. The molecular formula is C12H5BrCl2FNO2. The Kier molecular flexibility index (Phi) is 4.39. The molecule has 1 aromatic carbocycles. The Labute approximate surface area is 126 Å². The van der Waals surface area contributed by atoms with Crippen molar-refractivity contribution < 1.29 is 13.9 Å². The number of rotatable bonds is 2. The molecule has 0 spiro atoms. The van der Waals surface area contributed by atoms with Gasteiger partial charge in [0.25, 0.3) is 0 Å². The number of carbonyl (C=O) groups is 1. The summed E-state index contributed by atoms with van der Waals surface area (Å²) in [5.74, 6) is -1.34. The molecule has 0 radical (unpaired) electrons. The van der Waals surface area contributed by atoms with E-state index in [0.717, 1.165) is 12.1 Å². The van der Waals surface area contributed by atoms with E-state index in [1.54, 1.807) is 6.07 Å². The number of aromatic nitrogens is 1. The molecule has 0 saturated carbocycles. The van der Waals surface area contributed by atoms with Crippen LogP contribution in [-0.2, 0) is 0 Å². The van der Waals surface area contributed by atoms with E-state index in [0.29, 0.717) is 4.60 Å². The number of pyridine rings is 1. The average Bonchev–Trinajstić information content (AvgIpc) is 2.36. The maximum absolute atomic E-state index is 13.3. The van der Waals surface area contributed by atoms with Crippen LogP contribution in [0.25, 0.3) is 0 Å². The van der Waals surface area contributed by atoms with Crippen molar-refractivity contribution in [2.75, 3.05) is 0 Å². The van der Waals surface area contributed by atoms with E-state index >= 15 is 0 Å². The topological polar surface area (TPSA) is 39.2 Å². The fraction of sp³-hybridized carbons (Fsp3) is 0. The lowest BCUT2D eigenvalue weighted by Gasteiger charge is -2.07. The molecule has 0 atom stereocenters. The standard InChI is InChI=1S/C12H5BrCl2FNO2/c13-11-10(2-1-3-17-11)19-12(18)6-4-9(16)8(15)5-7(6)14/h1-5H. The molecule has 0 saturated heterocycles. The first kappa shape index (κ1) is 14.2. The lowest BCUT2D eigenvalue weighted by atomic mass is 10.2. The second-order valence-electron chi connectivity index (χ2n) is 3.43. The summed E-state index contributed by atoms with van der Waals surface area (Å²) in [5, 5.41) is -0.152. The second kappa shape index (κ2) is 5.86. The normalized spacial score (nSPS) is 10.3. The van der Waals surface area contributed by atoms with Crippen LogP contribution in [0.5, 0.6) is 5.75 Å². The third-order valence-corrected chi connectivity index (χ3v) is 3.36. The molecule has 98 valence electrons. The van der Waals surface area contributed by atoms with Crippen molar-refractivity contribution in [3.05, 3.63) is 56.5 Å². The van der Waals surface area contributed by atoms with Gasteiger partial charge in [-0.1, -0.05) is 23.2 Å². The first-order valence-corrected chi connectivity index (χ1v) is 6.51. The molecule has 0 amide bonds. The number of nitrogens with zero attached hydrogens (tertiary/aromatic N) is 1. The van der Waals surface area contributed by atoms with Crippen molar-refractivity contribution in [1.82, 2.24) is 4.98 Å². The van der Waals surface area contributed by atoms with Gasteiger partial charge in [0.1, 0.15) is 10.4 Å². The third kappa shape index (κ3) is 3.23. The molecule has 0 aliphatic heterocycles. The molecule has 3 nitrogen and oxygen atoms in total. The lowest BCUT2D eigenvalue weighted by molar-refractivity contribution is 0.0732. The maximum atomic E-state index is 13.3. The molecule has 0 aliphatic rings. The Bertz CT molecular complexity index is 652. The highest BCUT2D eigenvalue weighted by Gasteiger charge is 2.17. The molecule has 0 bridgehead atoms. The molecule has 0 N–H and O–H groups in total. The third-order valence-electron chi connectivity index (χ3n) is 2.16. The average molecular weight is 365 g/mol. The van der Waals surface area contributed by atoms with E-state index in [4.69, 9.17) is 27.9 Å². The van der Waals surface area contributed by atoms with Crippen molar-refractivity contribution in [2.45, 2.75) is 0 Å². The van der Waals surface area contributed by atoms with E-state index in [2.05, 4.69) is 20.9 Å². The van der Waals surface area contributed by atoms with E-state index in [9.17, 15) is 9.18 Å². The molecule has 0 unspecified atom stereocenters. The van der Waals surface area contributed by atoms with Crippen molar-refractivity contribution in [3.8, 4) is 5.75 Å². The van der Waals surface area contributed by atoms with Gasteiger partial charge in [-0.25, -0.2) is 14.2 Å². The quantitative estimate of drug-likeness (QED) is 0.447. The summed E-state index contributed by atoms with van der Waals surface area (Å²) in [7, 11) is 0. The van der Waals surface area contributed by atoms with Crippen LogP contribution in [-0.4, -0.2) is 11.0 Å². The predicted molar refractivity (Wildman–Crippen MR) is 73.3 cm³/mol. The zero-order valence-electron chi connectivity index (χ0n) is 9.16. The van der Waals surface area contributed by atoms with Crippen LogP contribution in [0.4, 0.5) is 4.39 Å². The smallest absolute Gasteiger partial charge is 0.345 e. The van der Waals surface area contributed by atoms with Crippen LogP contribution in [0.15, 0.2) is 35.1 Å². The van der Waals surface area contributed by atoms with Crippen LogP contribution in [0.3, 0.4) is 0 Å². The summed E-state index contributed by atoms with van der Waals surface area (Å²) in [6.07, 6.45) is 1.52. The Morgan fingerprint density at radius 3 is 2.74 bits per heavy atom. The van der Waals surface area contributed by atoms with Crippen LogP contribution < -0.4 is 4.74 Å². The highest BCUT2D eigenvalue weighted by Crippen LogP contribution is 2.27. The van der Waals surface area contributed by atoms with Crippen LogP contribution in [0, 0.1) is 5.82 Å². The number of carbonyl (C=O) groups excluding carboxylic acids is 1. The Morgan fingerprint density at radius 1 is 1.32 bits per heavy atom. The number of ether oxygens (including phenoxy) is 1. The molecular weight excluding hydrogens is 360 g/mol. The van der Waals surface area contributed by atoms with Crippen molar-refractivity contribution in [1.29, 1.82) is 0 Å². The van der Waals surface area contributed by atoms with Crippen LogP contribution >= 0.6 is 39.1 Å². The summed E-state index contributed by atoms with van der Waals surface area (Å²) in [5.41, 5.74) is -0.112. The number of hydrogen-bond acceptors (Lipinski definition) is 3. The fourth-order valence-electron chi connectivity index (χ4n) is 1.28. The Balaban J connectivity index is 2.31. The summed E-state index contributed by atoms with van der Waals surface area (Å²) >= 11 is 14.5. The van der Waals surface area contributed by atoms with Gasteiger partial charge < -0.3 is 4.74 Å².